The maximum Gasteiger partial charge on any atom is 0.0320 e. The van der Waals surface area contributed by atoms with Crippen molar-refractivity contribution in [3.63, 3.8) is 0 Å². The average Bonchev–Trinajstić information content (AvgIpc) is 2.81. The molecule has 2 aliphatic rings. The third-order valence-corrected chi connectivity index (χ3v) is 6.27. The van der Waals surface area contributed by atoms with Crippen molar-refractivity contribution in [1.82, 2.24) is 9.80 Å². The van der Waals surface area contributed by atoms with Crippen molar-refractivity contribution in [2.45, 2.75) is 38.6 Å². The summed E-state index contributed by atoms with van der Waals surface area (Å²) in [6.45, 7) is 8.74. The number of hydrogen-bond donors (Lipinski definition) is 0. The number of hydrogen-bond acceptors (Lipinski definition) is 2. The summed E-state index contributed by atoms with van der Waals surface area (Å²) in [7, 11) is 0. The molecule has 2 aromatic carbocycles. The summed E-state index contributed by atoms with van der Waals surface area (Å²) in [6, 6.07) is 16.2. The molecule has 0 radical (unpaired) electrons. The van der Waals surface area contributed by atoms with Crippen LogP contribution in [0.4, 0.5) is 0 Å². The molecule has 2 aromatic rings. The van der Waals surface area contributed by atoms with Gasteiger partial charge in [-0.3, -0.25) is 4.90 Å². The first-order valence-corrected chi connectivity index (χ1v) is 9.75. The van der Waals surface area contributed by atoms with Gasteiger partial charge in [-0.15, -0.1) is 0 Å². The second-order valence-corrected chi connectivity index (χ2v) is 7.75. The van der Waals surface area contributed by atoms with Gasteiger partial charge in [0.1, 0.15) is 0 Å². The molecule has 2 heterocycles. The van der Waals surface area contributed by atoms with E-state index in [1.807, 2.05) is 0 Å². The van der Waals surface area contributed by atoms with Gasteiger partial charge in [0.25, 0.3) is 0 Å². The molecule has 128 valence electrons. The molecule has 0 amide bonds. The highest BCUT2D eigenvalue weighted by Crippen LogP contribution is 2.28. The Kier molecular flexibility index (Phi) is 4.86. The lowest BCUT2D eigenvalue weighted by Crippen LogP contribution is -2.37. The smallest absolute Gasteiger partial charge is 0.0320 e. The third kappa shape index (κ3) is 3.50. The minimum Gasteiger partial charge on any atom is -0.302 e. The van der Waals surface area contributed by atoms with Crippen LogP contribution in [0.25, 0.3) is 10.8 Å². The van der Waals surface area contributed by atoms with Gasteiger partial charge >= 0.3 is 0 Å². The lowest BCUT2D eigenvalue weighted by atomic mass is 9.96. The molecule has 2 aliphatic heterocycles. The van der Waals surface area contributed by atoms with E-state index >= 15 is 0 Å². The van der Waals surface area contributed by atoms with Gasteiger partial charge < -0.3 is 4.90 Å². The molecule has 3 atom stereocenters. The first-order valence-electron chi connectivity index (χ1n) is 9.75. The van der Waals surface area contributed by atoms with Crippen molar-refractivity contribution in [3.8, 4) is 0 Å². The third-order valence-electron chi connectivity index (χ3n) is 6.27. The zero-order valence-corrected chi connectivity index (χ0v) is 15.0. The van der Waals surface area contributed by atoms with Crippen LogP contribution in [0.15, 0.2) is 42.5 Å². The van der Waals surface area contributed by atoms with Crippen molar-refractivity contribution in [1.29, 1.82) is 0 Å². The molecule has 2 saturated heterocycles. The molecule has 0 aliphatic carbocycles. The largest absolute Gasteiger partial charge is 0.302 e. The van der Waals surface area contributed by atoms with Gasteiger partial charge in [0.2, 0.25) is 0 Å². The maximum atomic E-state index is 2.72. The Morgan fingerprint density at radius 3 is 2.58 bits per heavy atom. The van der Waals surface area contributed by atoms with Gasteiger partial charge in [-0.2, -0.15) is 0 Å². The first-order chi connectivity index (χ1) is 11.8. The van der Waals surface area contributed by atoms with Crippen molar-refractivity contribution in [3.05, 3.63) is 48.0 Å². The summed E-state index contributed by atoms with van der Waals surface area (Å²) in [6.07, 6.45) is 5.64. The molecule has 2 nitrogen and oxygen atoms in total. The average molecular weight is 322 g/mol. The van der Waals surface area contributed by atoms with Crippen LogP contribution in [-0.2, 0) is 0 Å². The fourth-order valence-electron chi connectivity index (χ4n) is 4.53. The molecule has 0 aromatic heterocycles. The molecule has 3 unspecified atom stereocenters. The van der Waals surface area contributed by atoms with Crippen LogP contribution >= 0.6 is 0 Å². The van der Waals surface area contributed by atoms with Gasteiger partial charge in [0.05, 0.1) is 0 Å². The minimum absolute atomic E-state index is 0.509. The fraction of sp³-hybridized carbons (Fsp3) is 0.545. The predicted octanol–water partition coefficient (Wildman–Crippen LogP) is 4.71. The van der Waals surface area contributed by atoms with Crippen LogP contribution in [0.2, 0.25) is 0 Å². The van der Waals surface area contributed by atoms with Crippen molar-refractivity contribution >= 4 is 10.8 Å². The zero-order chi connectivity index (χ0) is 16.4. The molecular weight excluding hydrogens is 292 g/mol. The quantitative estimate of drug-likeness (QED) is 0.790. The maximum absolute atomic E-state index is 2.72. The SMILES string of the molecule is CC(c1ccc2ccccc2c1)N1CCC2CCCN(CC2)CC1. The molecule has 4 rings (SSSR count). The highest BCUT2D eigenvalue weighted by Gasteiger charge is 2.24. The summed E-state index contributed by atoms with van der Waals surface area (Å²) >= 11 is 0. The van der Waals surface area contributed by atoms with Gasteiger partial charge in [0.15, 0.2) is 0 Å². The van der Waals surface area contributed by atoms with Crippen molar-refractivity contribution < 1.29 is 0 Å². The van der Waals surface area contributed by atoms with Crippen LogP contribution in [0, 0.1) is 5.92 Å². The molecule has 0 spiro atoms. The Hall–Kier alpha value is -1.38. The van der Waals surface area contributed by atoms with Gasteiger partial charge in [0, 0.05) is 19.1 Å². The summed E-state index contributed by atoms with van der Waals surface area (Å²) in [4.78, 5) is 5.42. The zero-order valence-electron chi connectivity index (χ0n) is 15.0. The first kappa shape index (κ1) is 16.1. The van der Waals surface area contributed by atoms with E-state index in [2.05, 4.69) is 59.2 Å². The second-order valence-electron chi connectivity index (χ2n) is 7.75. The lowest BCUT2D eigenvalue weighted by Gasteiger charge is -2.32. The Labute approximate surface area is 146 Å². The Balaban J connectivity index is 1.54. The van der Waals surface area contributed by atoms with Crippen LogP contribution in [0.3, 0.4) is 0 Å². The fourth-order valence-corrected chi connectivity index (χ4v) is 4.53. The van der Waals surface area contributed by atoms with Crippen LogP contribution < -0.4 is 0 Å². The van der Waals surface area contributed by atoms with Crippen molar-refractivity contribution in [2.24, 2.45) is 5.92 Å². The molecular formula is C22H30N2. The van der Waals surface area contributed by atoms with E-state index in [4.69, 9.17) is 0 Å². The van der Waals surface area contributed by atoms with Gasteiger partial charge in [-0.25, -0.2) is 0 Å². The summed E-state index contributed by atoms with van der Waals surface area (Å²) in [5.41, 5.74) is 1.47. The topological polar surface area (TPSA) is 6.48 Å². The standard InChI is InChI=1S/C22H30N2/c1-18(21-9-8-20-6-2-3-7-22(20)17-21)24-14-11-19-5-4-12-23(13-10-19)15-16-24/h2-3,6-9,17-19H,4-5,10-16H2,1H3. The van der Waals surface area contributed by atoms with E-state index in [9.17, 15) is 0 Å². The van der Waals surface area contributed by atoms with Gasteiger partial charge in [-0.05, 0) is 80.6 Å². The minimum atomic E-state index is 0.509. The molecule has 2 fully saturated rings. The molecule has 2 heteroatoms. The summed E-state index contributed by atoms with van der Waals surface area (Å²) < 4.78 is 0. The van der Waals surface area contributed by atoms with Gasteiger partial charge in [-0.1, -0.05) is 36.4 Å². The molecule has 0 N–H and O–H groups in total. The monoisotopic (exact) mass is 322 g/mol. The van der Waals surface area contributed by atoms with E-state index in [0.717, 1.165) is 5.92 Å². The van der Waals surface area contributed by atoms with Crippen molar-refractivity contribution in [2.75, 3.05) is 32.7 Å². The number of fused-ring (bicyclic) bond motifs is 4. The van der Waals surface area contributed by atoms with E-state index < -0.39 is 0 Å². The van der Waals surface area contributed by atoms with E-state index in [1.165, 1.54) is 74.7 Å². The summed E-state index contributed by atoms with van der Waals surface area (Å²) in [5.74, 6) is 0.944. The van der Waals surface area contributed by atoms with E-state index in [0.29, 0.717) is 6.04 Å². The van der Waals surface area contributed by atoms with Crippen LogP contribution in [0.5, 0.6) is 0 Å². The predicted molar refractivity (Wildman–Crippen MR) is 102 cm³/mol. The van der Waals surface area contributed by atoms with E-state index in [1.54, 1.807) is 0 Å². The number of nitrogens with zero attached hydrogens (tertiary/aromatic N) is 2. The summed E-state index contributed by atoms with van der Waals surface area (Å²) in [5, 5.41) is 2.71. The Morgan fingerprint density at radius 2 is 1.67 bits per heavy atom. The number of rotatable bonds is 2. The van der Waals surface area contributed by atoms with Crippen LogP contribution in [0.1, 0.15) is 44.2 Å². The Morgan fingerprint density at radius 1 is 0.833 bits per heavy atom. The Bertz CT molecular complexity index is 664. The highest BCUT2D eigenvalue weighted by atomic mass is 15.2. The van der Waals surface area contributed by atoms with Crippen LogP contribution in [-0.4, -0.2) is 42.5 Å². The lowest BCUT2D eigenvalue weighted by molar-refractivity contribution is 0.168. The normalized spacial score (nSPS) is 27.2. The number of benzene rings is 2. The molecule has 2 bridgehead atoms. The van der Waals surface area contributed by atoms with E-state index in [-0.39, 0.29) is 0 Å². The molecule has 24 heavy (non-hydrogen) atoms. The highest BCUT2D eigenvalue weighted by molar-refractivity contribution is 5.83. The molecule has 0 saturated carbocycles. The second kappa shape index (κ2) is 7.25.